The Hall–Kier alpha value is -1.64. The van der Waals surface area contributed by atoms with E-state index in [1.165, 1.54) is 29.2 Å². The fourth-order valence-corrected chi connectivity index (χ4v) is 2.96. The predicted octanol–water partition coefficient (Wildman–Crippen LogP) is 1.76. The minimum Gasteiger partial charge on any atom is -0.399 e. The van der Waals surface area contributed by atoms with E-state index >= 15 is 0 Å². The van der Waals surface area contributed by atoms with Crippen molar-refractivity contribution in [1.82, 2.24) is 10.4 Å². The van der Waals surface area contributed by atoms with E-state index in [1.54, 1.807) is 17.5 Å². The van der Waals surface area contributed by atoms with Gasteiger partial charge in [0.05, 0.1) is 5.69 Å². The number of aromatic nitrogens is 1. The minimum absolute atomic E-state index is 0.288. The molecule has 0 fully saturated rings. The number of hydrogen-bond acceptors (Lipinski definition) is 6. The second-order valence-corrected chi connectivity index (χ2v) is 5.47. The van der Waals surface area contributed by atoms with Crippen molar-refractivity contribution in [3.63, 3.8) is 0 Å². The van der Waals surface area contributed by atoms with Crippen LogP contribution in [0.15, 0.2) is 28.5 Å². The number of carbonyl (C=O) groups excluding carboxylic acids is 1. The number of halogens is 1. The van der Waals surface area contributed by atoms with Gasteiger partial charge in [-0.15, -0.1) is 23.1 Å². The summed E-state index contributed by atoms with van der Waals surface area (Å²) in [5.74, 6) is 4.69. The molecule has 0 aliphatic carbocycles. The van der Waals surface area contributed by atoms with Crippen LogP contribution in [0.3, 0.4) is 0 Å². The Labute approximate surface area is 117 Å². The Balaban J connectivity index is 2.02. The van der Waals surface area contributed by atoms with E-state index in [1.807, 2.05) is 5.43 Å². The third-order valence-electron chi connectivity index (χ3n) is 2.21. The smallest absolute Gasteiger partial charge is 0.294 e. The molecule has 1 heterocycles. The van der Waals surface area contributed by atoms with Crippen LogP contribution in [0.1, 0.15) is 15.5 Å². The monoisotopic (exact) mass is 298 g/mol. The molecule has 0 saturated heterocycles. The van der Waals surface area contributed by atoms with Crippen molar-refractivity contribution in [2.45, 2.75) is 10.6 Å². The number of benzene rings is 1. The van der Waals surface area contributed by atoms with Crippen molar-refractivity contribution in [3.8, 4) is 0 Å². The second kappa shape index (κ2) is 6.00. The van der Waals surface area contributed by atoms with Gasteiger partial charge in [-0.3, -0.25) is 10.2 Å². The van der Waals surface area contributed by atoms with Gasteiger partial charge < -0.3 is 5.73 Å². The SMILES string of the molecule is NNC(=O)c1nc(CSc2ccc(N)cc2F)cs1. The van der Waals surface area contributed by atoms with Crippen LogP contribution in [0.2, 0.25) is 0 Å². The standard InChI is InChI=1S/C11H11FN4OS2/c12-8-3-6(13)1-2-9(8)18-4-7-5-19-11(15-7)10(17)16-14/h1-3,5H,4,13-14H2,(H,16,17). The molecule has 5 N–H and O–H groups in total. The molecular weight excluding hydrogens is 287 g/mol. The maximum absolute atomic E-state index is 13.5. The molecule has 0 atom stereocenters. The summed E-state index contributed by atoms with van der Waals surface area (Å²) in [7, 11) is 0. The van der Waals surface area contributed by atoms with Crippen molar-refractivity contribution in [2.75, 3.05) is 5.73 Å². The summed E-state index contributed by atoms with van der Waals surface area (Å²) in [4.78, 5) is 15.8. The summed E-state index contributed by atoms with van der Waals surface area (Å²) in [5, 5.41) is 2.03. The Bertz CT molecular complexity index is 602. The third-order valence-corrected chi connectivity index (χ3v) is 4.18. The first-order chi connectivity index (χ1) is 9.10. The van der Waals surface area contributed by atoms with Gasteiger partial charge in [-0.25, -0.2) is 15.2 Å². The Morgan fingerprint density at radius 1 is 1.53 bits per heavy atom. The zero-order valence-corrected chi connectivity index (χ0v) is 11.4. The molecule has 19 heavy (non-hydrogen) atoms. The van der Waals surface area contributed by atoms with Crippen LogP contribution in [0.4, 0.5) is 10.1 Å². The van der Waals surface area contributed by atoms with Gasteiger partial charge in [0.2, 0.25) is 0 Å². The number of rotatable bonds is 4. The van der Waals surface area contributed by atoms with Crippen molar-refractivity contribution in [3.05, 3.63) is 40.1 Å². The molecular formula is C11H11FN4OS2. The van der Waals surface area contributed by atoms with Gasteiger partial charge >= 0.3 is 0 Å². The number of thioether (sulfide) groups is 1. The summed E-state index contributed by atoms with van der Waals surface area (Å²) in [6, 6.07) is 4.53. The van der Waals surface area contributed by atoms with Crippen LogP contribution in [-0.2, 0) is 5.75 Å². The first-order valence-corrected chi connectivity index (χ1v) is 7.10. The number of nitrogens with zero attached hydrogens (tertiary/aromatic N) is 1. The van der Waals surface area contributed by atoms with E-state index < -0.39 is 5.91 Å². The van der Waals surface area contributed by atoms with Crippen LogP contribution in [-0.4, -0.2) is 10.9 Å². The lowest BCUT2D eigenvalue weighted by Crippen LogP contribution is -2.29. The molecule has 0 aliphatic heterocycles. The first-order valence-electron chi connectivity index (χ1n) is 5.23. The minimum atomic E-state index is -0.431. The molecule has 1 amide bonds. The number of hydrogen-bond donors (Lipinski definition) is 3. The molecule has 0 bridgehead atoms. The fourth-order valence-electron chi connectivity index (χ4n) is 1.33. The average Bonchev–Trinajstić information content (AvgIpc) is 2.85. The molecule has 2 rings (SSSR count). The van der Waals surface area contributed by atoms with E-state index in [4.69, 9.17) is 11.6 Å². The molecule has 100 valence electrons. The summed E-state index contributed by atoms with van der Waals surface area (Å²) in [5.41, 5.74) is 8.57. The van der Waals surface area contributed by atoms with Crippen LogP contribution < -0.4 is 17.0 Å². The number of carbonyl (C=O) groups is 1. The van der Waals surface area contributed by atoms with Gasteiger partial charge in [-0.05, 0) is 18.2 Å². The average molecular weight is 298 g/mol. The quantitative estimate of drug-likeness (QED) is 0.263. The van der Waals surface area contributed by atoms with E-state index in [0.717, 1.165) is 0 Å². The van der Waals surface area contributed by atoms with E-state index in [0.29, 0.717) is 22.0 Å². The van der Waals surface area contributed by atoms with Crippen molar-refractivity contribution >= 4 is 34.7 Å². The fraction of sp³-hybridized carbons (Fsp3) is 0.0909. The summed E-state index contributed by atoms with van der Waals surface area (Å²) < 4.78 is 13.5. The highest BCUT2D eigenvalue weighted by molar-refractivity contribution is 7.98. The summed E-state index contributed by atoms with van der Waals surface area (Å²) in [6.45, 7) is 0. The highest BCUT2D eigenvalue weighted by Gasteiger charge is 2.10. The zero-order valence-electron chi connectivity index (χ0n) is 9.72. The van der Waals surface area contributed by atoms with E-state index in [9.17, 15) is 9.18 Å². The Morgan fingerprint density at radius 3 is 3.00 bits per heavy atom. The molecule has 2 aromatic rings. The zero-order chi connectivity index (χ0) is 13.8. The van der Waals surface area contributed by atoms with E-state index in [-0.39, 0.29) is 10.8 Å². The van der Waals surface area contributed by atoms with Crippen molar-refractivity contribution in [2.24, 2.45) is 5.84 Å². The number of thiazole rings is 1. The number of anilines is 1. The van der Waals surface area contributed by atoms with Crippen molar-refractivity contribution < 1.29 is 9.18 Å². The van der Waals surface area contributed by atoms with Gasteiger partial charge in [0.1, 0.15) is 5.82 Å². The van der Waals surface area contributed by atoms with Gasteiger partial charge in [-0.2, -0.15) is 0 Å². The van der Waals surface area contributed by atoms with E-state index in [2.05, 4.69) is 4.98 Å². The normalized spacial score (nSPS) is 10.4. The van der Waals surface area contributed by atoms with Gasteiger partial charge in [-0.1, -0.05) is 0 Å². The largest absolute Gasteiger partial charge is 0.399 e. The van der Waals surface area contributed by atoms with Crippen LogP contribution >= 0.6 is 23.1 Å². The molecule has 0 aliphatic rings. The van der Waals surface area contributed by atoms with Gasteiger partial charge in [0.15, 0.2) is 5.01 Å². The number of hydrazine groups is 1. The summed E-state index contributed by atoms with van der Waals surface area (Å²) >= 11 is 2.49. The number of amides is 1. The molecule has 1 aromatic heterocycles. The van der Waals surface area contributed by atoms with Crippen molar-refractivity contribution in [1.29, 1.82) is 0 Å². The highest BCUT2D eigenvalue weighted by atomic mass is 32.2. The number of nitrogens with two attached hydrogens (primary N) is 2. The lowest BCUT2D eigenvalue weighted by atomic mass is 10.3. The topological polar surface area (TPSA) is 94.0 Å². The van der Waals surface area contributed by atoms with Gasteiger partial charge in [0, 0.05) is 21.7 Å². The molecule has 1 aromatic carbocycles. The molecule has 0 radical (unpaired) electrons. The highest BCUT2D eigenvalue weighted by Crippen LogP contribution is 2.27. The maximum Gasteiger partial charge on any atom is 0.294 e. The first kappa shape index (κ1) is 13.8. The molecule has 0 saturated carbocycles. The molecule has 5 nitrogen and oxygen atoms in total. The predicted molar refractivity (Wildman–Crippen MR) is 74.1 cm³/mol. The number of nitrogens with one attached hydrogen (secondary N) is 1. The maximum atomic E-state index is 13.5. The van der Waals surface area contributed by atoms with Gasteiger partial charge in [0.25, 0.3) is 5.91 Å². The summed E-state index contributed by atoms with van der Waals surface area (Å²) in [6.07, 6.45) is 0. The van der Waals surface area contributed by atoms with Crippen LogP contribution in [0.25, 0.3) is 0 Å². The van der Waals surface area contributed by atoms with Crippen LogP contribution in [0.5, 0.6) is 0 Å². The lowest BCUT2D eigenvalue weighted by molar-refractivity contribution is 0.0953. The molecule has 0 unspecified atom stereocenters. The molecule has 0 spiro atoms. The third kappa shape index (κ3) is 3.43. The van der Waals surface area contributed by atoms with Crippen LogP contribution in [0, 0.1) is 5.82 Å². The second-order valence-electron chi connectivity index (χ2n) is 3.60. The Morgan fingerprint density at radius 2 is 2.32 bits per heavy atom. The molecule has 8 heteroatoms. The lowest BCUT2D eigenvalue weighted by Gasteiger charge is -2.02. The number of nitrogen functional groups attached to an aromatic ring is 2. The Kier molecular flexibility index (Phi) is 4.35.